The molecule has 1 heterocycles. The highest BCUT2D eigenvalue weighted by atomic mass is 16.5. The summed E-state index contributed by atoms with van der Waals surface area (Å²) in [5, 5.41) is 3.08. The molecule has 21 heavy (non-hydrogen) atoms. The van der Waals surface area contributed by atoms with Crippen molar-refractivity contribution in [2.24, 2.45) is 0 Å². The highest BCUT2D eigenvalue weighted by Crippen LogP contribution is 2.38. The lowest BCUT2D eigenvalue weighted by molar-refractivity contribution is -0.168. The van der Waals surface area contributed by atoms with Gasteiger partial charge in [-0.05, 0) is 33.1 Å². The summed E-state index contributed by atoms with van der Waals surface area (Å²) in [6, 6.07) is -0.0997. The second-order valence-electron chi connectivity index (χ2n) is 6.70. The van der Waals surface area contributed by atoms with Crippen LogP contribution in [-0.2, 0) is 14.3 Å². The standard InChI is InChI=1S/C16H28N2O3/c1-5-15(3)13(19)17-16(9-7-6-8-10-16)14(20)18(15)12(2)11-21-4/h12H,5-11H2,1-4H3,(H,17,19). The van der Waals surface area contributed by atoms with Crippen molar-refractivity contribution in [1.82, 2.24) is 10.2 Å². The summed E-state index contributed by atoms with van der Waals surface area (Å²) in [5.41, 5.74) is -1.45. The van der Waals surface area contributed by atoms with E-state index in [0.717, 1.165) is 32.1 Å². The summed E-state index contributed by atoms with van der Waals surface area (Å²) in [4.78, 5) is 27.7. The van der Waals surface area contributed by atoms with Gasteiger partial charge in [-0.1, -0.05) is 26.2 Å². The van der Waals surface area contributed by atoms with Crippen LogP contribution in [0.25, 0.3) is 0 Å². The molecule has 0 radical (unpaired) electrons. The Morgan fingerprint density at radius 2 is 1.90 bits per heavy atom. The van der Waals surface area contributed by atoms with E-state index in [0.29, 0.717) is 13.0 Å². The van der Waals surface area contributed by atoms with Crippen molar-refractivity contribution in [1.29, 1.82) is 0 Å². The number of hydrogen-bond acceptors (Lipinski definition) is 3. The number of hydrogen-bond donors (Lipinski definition) is 1. The quantitative estimate of drug-likeness (QED) is 0.861. The molecule has 5 heteroatoms. The lowest BCUT2D eigenvalue weighted by Crippen LogP contribution is -2.76. The Balaban J connectivity index is 2.38. The predicted molar refractivity (Wildman–Crippen MR) is 80.8 cm³/mol. The van der Waals surface area contributed by atoms with Gasteiger partial charge in [-0.3, -0.25) is 9.59 Å². The minimum absolute atomic E-state index is 0.0190. The Kier molecular flexibility index (Phi) is 4.61. The van der Waals surface area contributed by atoms with Crippen LogP contribution in [0.4, 0.5) is 0 Å². The van der Waals surface area contributed by atoms with Crippen LogP contribution in [0.1, 0.15) is 59.3 Å². The summed E-state index contributed by atoms with van der Waals surface area (Å²) in [5.74, 6) is 0.0603. The van der Waals surface area contributed by atoms with Crippen LogP contribution in [0, 0.1) is 0 Å². The van der Waals surface area contributed by atoms with E-state index in [-0.39, 0.29) is 17.9 Å². The Morgan fingerprint density at radius 3 is 2.43 bits per heavy atom. The molecule has 120 valence electrons. The molecule has 2 amide bonds. The summed E-state index contributed by atoms with van der Waals surface area (Å²) in [7, 11) is 1.63. The molecular weight excluding hydrogens is 268 g/mol. The highest BCUT2D eigenvalue weighted by molar-refractivity contribution is 6.02. The first kappa shape index (κ1) is 16.3. The Labute approximate surface area is 127 Å². The Morgan fingerprint density at radius 1 is 1.29 bits per heavy atom. The van der Waals surface area contributed by atoms with E-state index >= 15 is 0 Å². The lowest BCUT2D eigenvalue weighted by atomic mass is 9.75. The van der Waals surface area contributed by atoms with Gasteiger partial charge < -0.3 is 15.0 Å². The monoisotopic (exact) mass is 296 g/mol. The molecule has 1 aliphatic heterocycles. The molecule has 1 N–H and O–H groups in total. The number of piperazine rings is 1. The molecule has 0 aromatic heterocycles. The van der Waals surface area contributed by atoms with Gasteiger partial charge >= 0.3 is 0 Å². The molecule has 1 saturated carbocycles. The zero-order valence-corrected chi connectivity index (χ0v) is 13.7. The summed E-state index contributed by atoms with van der Waals surface area (Å²) >= 11 is 0. The van der Waals surface area contributed by atoms with Crippen molar-refractivity contribution in [2.75, 3.05) is 13.7 Å². The average molecular weight is 296 g/mol. The zero-order valence-electron chi connectivity index (χ0n) is 13.7. The maximum absolute atomic E-state index is 13.2. The third kappa shape index (κ3) is 2.56. The highest BCUT2D eigenvalue weighted by Gasteiger charge is 2.56. The molecule has 1 saturated heterocycles. The van der Waals surface area contributed by atoms with E-state index in [1.165, 1.54) is 0 Å². The van der Waals surface area contributed by atoms with Crippen LogP contribution in [0.15, 0.2) is 0 Å². The maximum atomic E-state index is 13.2. The van der Waals surface area contributed by atoms with Gasteiger partial charge in [0.05, 0.1) is 12.6 Å². The minimum atomic E-state index is -0.780. The normalized spacial score (nSPS) is 30.4. The van der Waals surface area contributed by atoms with E-state index < -0.39 is 11.1 Å². The van der Waals surface area contributed by atoms with Gasteiger partial charge in [0.15, 0.2) is 0 Å². The van der Waals surface area contributed by atoms with E-state index in [1.807, 2.05) is 20.8 Å². The number of amides is 2. The van der Waals surface area contributed by atoms with Crippen molar-refractivity contribution in [3.8, 4) is 0 Å². The molecule has 2 fully saturated rings. The van der Waals surface area contributed by atoms with Gasteiger partial charge in [0.25, 0.3) is 0 Å². The molecule has 0 bridgehead atoms. The first-order valence-electron chi connectivity index (χ1n) is 8.06. The molecular formula is C16H28N2O3. The molecule has 0 aromatic carbocycles. The molecule has 5 nitrogen and oxygen atoms in total. The number of nitrogens with zero attached hydrogens (tertiary/aromatic N) is 1. The van der Waals surface area contributed by atoms with Gasteiger partial charge in [-0.25, -0.2) is 0 Å². The van der Waals surface area contributed by atoms with E-state index in [9.17, 15) is 9.59 Å². The number of rotatable bonds is 4. The predicted octanol–water partition coefficient (Wildman–Crippen LogP) is 1.85. The van der Waals surface area contributed by atoms with Gasteiger partial charge in [0, 0.05) is 7.11 Å². The fourth-order valence-corrected chi connectivity index (χ4v) is 3.80. The van der Waals surface area contributed by atoms with Crippen LogP contribution in [0.2, 0.25) is 0 Å². The van der Waals surface area contributed by atoms with Gasteiger partial charge in [-0.2, -0.15) is 0 Å². The fourth-order valence-electron chi connectivity index (χ4n) is 3.80. The second kappa shape index (κ2) is 5.95. The number of methoxy groups -OCH3 is 1. The molecule has 1 aliphatic carbocycles. The van der Waals surface area contributed by atoms with Gasteiger partial charge in [-0.15, -0.1) is 0 Å². The van der Waals surface area contributed by atoms with E-state index in [2.05, 4.69) is 5.32 Å². The zero-order chi connectivity index (χ0) is 15.7. The van der Waals surface area contributed by atoms with Crippen molar-refractivity contribution in [3.63, 3.8) is 0 Å². The number of carbonyl (C=O) groups excluding carboxylic acids is 2. The molecule has 2 atom stereocenters. The van der Waals surface area contributed by atoms with Crippen LogP contribution in [-0.4, -0.2) is 47.6 Å². The number of ether oxygens (including phenoxy) is 1. The van der Waals surface area contributed by atoms with Gasteiger partial charge in [0.2, 0.25) is 11.8 Å². The summed E-state index contributed by atoms with van der Waals surface area (Å²) in [6.07, 6.45) is 5.27. The largest absolute Gasteiger partial charge is 0.383 e. The third-order valence-corrected chi connectivity index (χ3v) is 5.25. The van der Waals surface area contributed by atoms with E-state index in [1.54, 1.807) is 12.0 Å². The van der Waals surface area contributed by atoms with Crippen LogP contribution in [0.3, 0.4) is 0 Å². The molecule has 0 aromatic rings. The van der Waals surface area contributed by atoms with Crippen molar-refractivity contribution >= 4 is 11.8 Å². The summed E-state index contributed by atoms with van der Waals surface area (Å²) < 4.78 is 5.23. The number of nitrogens with one attached hydrogen (secondary N) is 1. The minimum Gasteiger partial charge on any atom is -0.383 e. The smallest absolute Gasteiger partial charge is 0.249 e. The Hall–Kier alpha value is -1.10. The van der Waals surface area contributed by atoms with Crippen LogP contribution < -0.4 is 5.32 Å². The van der Waals surface area contributed by atoms with Crippen LogP contribution >= 0.6 is 0 Å². The van der Waals surface area contributed by atoms with Gasteiger partial charge in [0.1, 0.15) is 11.1 Å². The third-order valence-electron chi connectivity index (χ3n) is 5.25. The fraction of sp³-hybridized carbons (Fsp3) is 0.875. The topological polar surface area (TPSA) is 58.6 Å². The maximum Gasteiger partial charge on any atom is 0.249 e. The SMILES string of the molecule is CCC1(C)C(=O)NC2(CCCCC2)C(=O)N1C(C)COC. The summed E-state index contributed by atoms with van der Waals surface area (Å²) in [6.45, 7) is 6.23. The van der Waals surface area contributed by atoms with Crippen molar-refractivity contribution in [2.45, 2.75) is 76.4 Å². The van der Waals surface area contributed by atoms with Crippen molar-refractivity contribution < 1.29 is 14.3 Å². The molecule has 2 rings (SSSR count). The van der Waals surface area contributed by atoms with Crippen molar-refractivity contribution in [3.05, 3.63) is 0 Å². The molecule has 2 unspecified atom stereocenters. The van der Waals surface area contributed by atoms with E-state index in [4.69, 9.17) is 4.74 Å². The lowest BCUT2D eigenvalue weighted by Gasteiger charge is -2.54. The molecule has 2 aliphatic rings. The second-order valence-corrected chi connectivity index (χ2v) is 6.70. The van der Waals surface area contributed by atoms with Crippen LogP contribution in [0.5, 0.6) is 0 Å². The number of carbonyl (C=O) groups is 2. The first-order valence-corrected chi connectivity index (χ1v) is 8.06. The first-order chi connectivity index (χ1) is 9.91. The average Bonchev–Trinajstić information content (AvgIpc) is 2.47. The Bertz CT molecular complexity index is 418. The molecule has 1 spiro atoms.